The van der Waals surface area contributed by atoms with E-state index in [4.69, 9.17) is 4.74 Å². The number of hydrogen-bond acceptors (Lipinski definition) is 3. The molecule has 0 bridgehead atoms. The molecular formula is C18H24N2O. The second kappa shape index (κ2) is 8.42. The maximum absolute atomic E-state index is 5.75. The molecule has 1 aromatic heterocycles. The van der Waals surface area contributed by atoms with Gasteiger partial charge in [0, 0.05) is 12.7 Å². The van der Waals surface area contributed by atoms with Gasteiger partial charge < -0.3 is 10.1 Å². The van der Waals surface area contributed by atoms with Crippen LogP contribution in [0.5, 0.6) is 5.75 Å². The lowest BCUT2D eigenvalue weighted by molar-refractivity contribution is 0.301. The second-order valence-electron chi connectivity index (χ2n) is 5.12. The molecule has 0 fully saturated rings. The van der Waals surface area contributed by atoms with Gasteiger partial charge in [-0.25, -0.2) is 0 Å². The van der Waals surface area contributed by atoms with Gasteiger partial charge in [0.2, 0.25) is 0 Å². The van der Waals surface area contributed by atoms with E-state index >= 15 is 0 Å². The summed E-state index contributed by atoms with van der Waals surface area (Å²) in [5.41, 5.74) is 3.48. The fourth-order valence-electron chi connectivity index (χ4n) is 2.03. The zero-order chi connectivity index (χ0) is 14.9. The first-order valence-corrected chi connectivity index (χ1v) is 7.68. The molecule has 3 nitrogen and oxygen atoms in total. The summed E-state index contributed by atoms with van der Waals surface area (Å²) in [5, 5.41) is 3.37. The van der Waals surface area contributed by atoms with E-state index in [9.17, 15) is 0 Å². The molecule has 0 aliphatic heterocycles. The lowest BCUT2D eigenvalue weighted by Crippen LogP contribution is -2.14. The summed E-state index contributed by atoms with van der Waals surface area (Å²) in [6, 6.07) is 12.4. The molecule has 1 N–H and O–H groups in total. The molecule has 0 amide bonds. The number of hydrogen-bond donors (Lipinski definition) is 1. The summed E-state index contributed by atoms with van der Waals surface area (Å²) < 4.78 is 5.75. The average Bonchev–Trinajstić information content (AvgIpc) is 2.55. The van der Waals surface area contributed by atoms with E-state index < -0.39 is 0 Å². The first-order chi connectivity index (χ1) is 10.3. The quantitative estimate of drug-likeness (QED) is 0.750. The minimum atomic E-state index is 0.508. The van der Waals surface area contributed by atoms with Crippen LogP contribution in [0, 0.1) is 0 Å². The van der Waals surface area contributed by atoms with Crippen LogP contribution in [0.15, 0.2) is 42.6 Å². The third-order valence-electron chi connectivity index (χ3n) is 3.36. The number of aryl methyl sites for hydroxylation is 1. The Morgan fingerprint density at radius 3 is 2.38 bits per heavy atom. The molecule has 3 heteroatoms. The Kier molecular flexibility index (Phi) is 6.22. The zero-order valence-electron chi connectivity index (χ0n) is 12.9. The predicted octanol–water partition coefficient (Wildman–Crippen LogP) is 3.72. The van der Waals surface area contributed by atoms with Crippen molar-refractivity contribution in [1.29, 1.82) is 0 Å². The molecule has 1 heterocycles. The molecule has 0 aliphatic carbocycles. The summed E-state index contributed by atoms with van der Waals surface area (Å²) >= 11 is 0. The Bertz CT molecular complexity index is 520. The molecule has 112 valence electrons. The third-order valence-corrected chi connectivity index (χ3v) is 3.36. The molecule has 0 saturated heterocycles. The van der Waals surface area contributed by atoms with Crippen molar-refractivity contribution in [3.05, 3.63) is 59.4 Å². The summed E-state index contributed by atoms with van der Waals surface area (Å²) in [6.45, 7) is 6.74. The number of benzene rings is 1. The van der Waals surface area contributed by atoms with Crippen LogP contribution in [-0.2, 0) is 19.6 Å². The van der Waals surface area contributed by atoms with Crippen molar-refractivity contribution in [1.82, 2.24) is 10.3 Å². The Morgan fingerprint density at radius 2 is 1.76 bits per heavy atom. The van der Waals surface area contributed by atoms with E-state index in [1.54, 1.807) is 0 Å². The summed E-state index contributed by atoms with van der Waals surface area (Å²) in [4.78, 5) is 4.44. The molecule has 0 spiro atoms. The first-order valence-electron chi connectivity index (χ1n) is 7.68. The van der Waals surface area contributed by atoms with E-state index in [-0.39, 0.29) is 0 Å². The molecule has 0 unspecified atom stereocenters. The van der Waals surface area contributed by atoms with E-state index in [0.717, 1.165) is 37.4 Å². The van der Waals surface area contributed by atoms with Gasteiger partial charge >= 0.3 is 0 Å². The molecule has 1 aromatic carbocycles. The number of ether oxygens (including phenoxy) is 1. The fraction of sp³-hybridized carbons (Fsp3) is 0.389. The molecule has 0 aliphatic rings. The van der Waals surface area contributed by atoms with Crippen LogP contribution in [0.3, 0.4) is 0 Å². The number of rotatable bonds is 8. The van der Waals surface area contributed by atoms with Gasteiger partial charge in [0.1, 0.15) is 12.4 Å². The molecule has 0 atom stereocenters. The third kappa shape index (κ3) is 5.20. The molecule has 21 heavy (non-hydrogen) atoms. The van der Waals surface area contributed by atoms with Crippen LogP contribution in [0.4, 0.5) is 0 Å². The highest BCUT2D eigenvalue weighted by Gasteiger charge is 1.99. The van der Waals surface area contributed by atoms with Crippen molar-refractivity contribution < 1.29 is 4.74 Å². The van der Waals surface area contributed by atoms with E-state index in [2.05, 4.69) is 42.3 Å². The van der Waals surface area contributed by atoms with Crippen molar-refractivity contribution in [3.8, 4) is 5.75 Å². The van der Waals surface area contributed by atoms with Gasteiger partial charge in [0.05, 0.1) is 5.69 Å². The van der Waals surface area contributed by atoms with E-state index in [1.165, 1.54) is 11.1 Å². The molecule has 0 saturated carbocycles. The van der Waals surface area contributed by atoms with Crippen molar-refractivity contribution >= 4 is 0 Å². The summed E-state index contributed by atoms with van der Waals surface area (Å²) in [6.07, 6.45) is 4.12. The minimum absolute atomic E-state index is 0.508. The van der Waals surface area contributed by atoms with Crippen molar-refractivity contribution in [2.75, 3.05) is 6.54 Å². The van der Waals surface area contributed by atoms with Crippen molar-refractivity contribution in [2.24, 2.45) is 0 Å². The molecular weight excluding hydrogens is 260 g/mol. The predicted molar refractivity (Wildman–Crippen MR) is 86.4 cm³/mol. The van der Waals surface area contributed by atoms with Crippen LogP contribution < -0.4 is 10.1 Å². The van der Waals surface area contributed by atoms with Gasteiger partial charge in [0.15, 0.2) is 0 Å². The maximum atomic E-state index is 5.75. The second-order valence-corrected chi connectivity index (χ2v) is 5.12. The molecule has 0 radical (unpaired) electrons. The average molecular weight is 284 g/mol. The SMILES string of the molecule is CCCNCc1ccc(COc2ccc(CC)cc2)nc1. The first kappa shape index (κ1) is 15.5. The van der Waals surface area contributed by atoms with Crippen LogP contribution in [0.2, 0.25) is 0 Å². The Hall–Kier alpha value is -1.87. The van der Waals surface area contributed by atoms with Gasteiger partial charge in [0.25, 0.3) is 0 Å². The standard InChI is InChI=1S/C18H24N2O/c1-3-11-19-12-16-5-8-17(20-13-16)14-21-18-9-6-15(4-2)7-10-18/h5-10,13,19H,3-4,11-12,14H2,1-2H3. The zero-order valence-corrected chi connectivity index (χ0v) is 12.9. The van der Waals surface area contributed by atoms with Crippen molar-refractivity contribution in [3.63, 3.8) is 0 Å². The number of nitrogens with zero attached hydrogens (tertiary/aromatic N) is 1. The molecule has 2 rings (SSSR count). The van der Waals surface area contributed by atoms with E-state index in [1.807, 2.05) is 24.4 Å². The lowest BCUT2D eigenvalue weighted by atomic mass is 10.2. The highest BCUT2D eigenvalue weighted by atomic mass is 16.5. The van der Waals surface area contributed by atoms with Crippen LogP contribution in [0.1, 0.15) is 37.1 Å². The highest BCUT2D eigenvalue weighted by Crippen LogP contribution is 2.14. The molecule has 2 aromatic rings. The lowest BCUT2D eigenvalue weighted by Gasteiger charge is -2.07. The van der Waals surface area contributed by atoms with E-state index in [0.29, 0.717) is 6.61 Å². The van der Waals surface area contributed by atoms with Crippen molar-refractivity contribution in [2.45, 2.75) is 39.8 Å². The topological polar surface area (TPSA) is 34.1 Å². The van der Waals surface area contributed by atoms with Crippen LogP contribution in [-0.4, -0.2) is 11.5 Å². The Morgan fingerprint density at radius 1 is 1.00 bits per heavy atom. The highest BCUT2D eigenvalue weighted by molar-refractivity contribution is 5.27. The maximum Gasteiger partial charge on any atom is 0.130 e. The largest absolute Gasteiger partial charge is 0.487 e. The van der Waals surface area contributed by atoms with Crippen LogP contribution in [0.25, 0.3) is 0 Å². The number of aromatic nitrogens is 1. The normalized spacial score (nSPS) is 10.6. The summed E-state index contributed by atoms with van der Waals surface area (Å²) in [5.74, 6) is 0.891. The smallest absolute Gasteiger partial charge is 0.130 e. The minimum Gasteiger partial charge on any atom is -0.487 e. The number of pyridine rings is 1. The van der Waals surface area contributed by atoms with Gasteiger partial charge in [-0.15, -0.1) is 0 Å². The monoisotopic (exact) mass is 284 g/mol. The van der Waals surface area contributed by atoms with Gasteiger partial charge in [-0.3, -0.25) is 4.98 Å². The number of nitrogens with one attached hydrogen (secondary N) is 1. The van der Waals surface area contributed by atoms with Gasteiger partial charge in [-0.2, -0.15) is 0 Å². The van der Waals surface area contributed by atoms with Crippen LogP contribution >= 0.6 is 0 Å². The van der Waals surface area contributed by atoms with Gasteiger partial charge in [-0.05, 0) is 48.7 Å². The van der Waals surface area contributed by atoms with Gasteiger partial charge in [-0.1, -0.05) is 32.0 Å². The fourth-order valence-corrected chi connectivity index (χ4v) is 2.03. The Labute approximate surface area is 127 Å². The summed E-state index contributed by atoms with van der Waals surface area (Å²) in [7, 11) is 0. The Balaban J connectivity index is 1.82.